The molecule has 0 aliphatic carbocycles. The zero-order valence-corrected chi connectivity index (χ0v) is 15.6. The predicted molar refractivity (Wildman–Crippen MR) is 103 cm³/mol. The number of aromatic nitrogens is 1. The highest BCUT2D eigenvalue weighted by atomic mass is 35.5. The number of nitrogens with one attached hydrogen (secondary N) is 1. The maximum absolute atomic E-state index is 13.1. The summed E-state index contributed by atoms with van der Waals surface area (Å²) >= 11 is 17.4. The van der Waals surface area contributed by atoms with Crippen LogP contribution >= 0.6 is 35.4 Å². The van der Waals surface area contributed by atoms with E-state index in [9.17, 15) is 9.90 Å². The van der Waals surface area contributed by atoms with Crippen LogP contribution in [0.4, 0.5) is 0 Å². The summed E-state index contributed by atoms with van der Waals surface area (Å²) in [6.07, 6.45) is 5.06. The third-order valence-corrected chi connectivity index (χ3v) is 4.59. The van der Waals surface area contributed by atoms with Gasteiger partial charge in [-0.2, -0.15) is 4.57 Å². The van der Waals surface area contributed by atoms with E-state index >= 15 is 0 Å². The number of Topliss-reactive ketones (excluding diaryl/α,β-unsaturated/α-hetero) is 1. The largest absolute Gasteiger partial charge is 0.391 e. The maximum Gasteiger partial charge on any atom is 0.270 e. The van der Waals surface area contributed by atoms with Crippen LogP contribution < -0.4 is 9.88 Å². The molecule has 0 saturated heterocycles. The van der Waals surface area contributed by atoms with Gasteiger partial charge in [-0.1, -0.05) is 41.5 Å². The highest BCUT2D eigenvalue weighted by Gasteiger charge is 2.33. The number of benzene rings is 1. The number of ketones is 1. The lowest BCUT2D eigenvalue weighted by Crippen LogP contribution is -2.51. The standard InChI is InChI=1S/C18H16Cl2N2O2S/c1-2-7-21-18(25)16(22-8-3-4-12(10-22)11-23)17(24)13-5-6-14(19)15(20)9-13/h2-6,8-10,16,23H,1,7,11H2/p+1. The van der Waals surface area contributed by atoms with Crippen molar-refractivity contribution in [3.8, 4) is 0 Å². The lowest BCUT2D eigenvalue weighted by molar-refractivity contribution is -0.692. The number of pyridine rings is 1. The molecule has 0 amide bonds. The van der Waals surface area contributed by atoms with E-state index in [1.807, 2.05) is 0 Å². The summed E-state index contributed by atoms with van der Waals surface area (Å²) in [6, 6.07) is 7.43. The predicted octanol–water partition coefficient (Wildman–Crippen LogP) is 3.30. The van der Waals surface area contributed by atoms with Crippen LogP contribution in [0.25, 0.3) is 0 Å². The van der Waals surface area contributed by atoms with E-state index in [0.29, 0.717) is 32.7 Å². The molecule has 2 aromatic rings. The van der Waals surface area contributed by atoms with Crippen molar-refractivity contribution in [3.63, 3.8) is 0 Å². The summed E-state index contributed by atoms with van der Waals surface area (Å²) in [7, 11) is 0. The van der Waals surface area contributed by atoms with E-state index in [4.69, 9.17) is 35.4 Å². The van der Waals surface area contributed by atoms with Gasteiger partial charge < -0.3 is 10.4 Å². The van der Waals surface area contributed by atoms with Gasteiger partial charge in [0, 0.05) is 23.7 Å². The Morgan fingerprint density at radius 1 is 1.36 bits per heavy atom. The van der Waals surface area contributed by atoms with Gasteiger partial charge in [0.05, 0.1) is 16.7 Å². The average Bonchev–Trinajstić information content (AvgIpc) is 2.62. The maximum atomic E-state index is 13.1. The molecule has 25 heavy (non-hydrogen) atoms. The molecule has 0 aliphatic rings. The molecule has 1 unspecified atom stereocenters. The third-order valence-electron chi connectivity index (χ3n) is 3.49. The smallest absolute Gasteiger partial charge is 0.270 e. The zero-order valence-electron chi connectivity index (χ0n) is 13.3. The third kappa shape index (κ3) is 4.86. The Labute approximate surface area is 161 Å². The number of thiocarbonyl (C=S) groups is 1. The van der Waals surface area contributed by atoms with Gasteiger partial charge in [-0.3, -0.25) is 4.79 Å². The Kier molecular flexibility index (Phi) is 7.08. The molecule has 4 nitrogen and oxygen atoms in total. The molecule has 0 spiro atoms. The summed E-state index contributed by atoms with van der Waals surface area (Å²) in [4.78, 5) is 13.4. The fraction of sp³-hybridized carbons (Fsp3) is 0.167. The van der Waals surface area contributed by atoms with E-state index in [0.717, 1.165) is 0 Å². The van der Waals surface area contributed by atoms with Crippen molar-refractivity contribution >= 4 is 46.2 Å². The van der Waals surface area contributed by atoms with Gasteiger partial charge >= 0.3 is 0 Å². The minimum absolute atomic E-state index is 0.138. The van der Waals surface area contributed by atoms with Gasteiger partial charge in [-0.15, -0.1) is 6.58 Å². The van der Waals surface area contributed by atoms with Gasteiger partial charge in [0.2, 0.25) is 5.78 Å². The number of hydrogen-bond acceptors (Lipinski definition) is 3. The summed E-state index contributed by atoms with van der Waals surface area (Å²) in [6.45, 7) is 3.93. The number of hydrogen-bond donors (Lipinski definition) is 2. The molecule has 7 heteroatoms. The molecule has 0 saturated carbocycles. The molecule has 0 radical (unpaired) electrons. The van der Waals surface area contributed by atoms with Crippen LogP contribution in [0.15, 0.2) is 55.4 Å². The highest BCUT2D eigenvalue weighted by Crippen LogP contribution is 2.24. The van der Waals surface area contributed by atoms with E-state index in [1.165, 1.54) is 6.07 Å². The summed E-state index contributed by atoms with van der Waals surface area (Å²) in [5, 5.41) is 13.0. The monoisotopic (exact) mass is 395 g/mol. The van der Waals surface area contributed by atoms with E-state index < -0.39 is 6.04 Å². The summed E-state index contributed by atoms with van der Waals surface area (Å²) < 4.78 is 1.66. The Morgan fingerprint density at radius 3 is 2.76 bits per heavy atom. The second-order valence-electron chi connectivity index (χ2n) is 5.25. The SMILES string of the molecule is C=CCNC(=S)C(C(=O)c1ccc(Cl)c(Cl)c1)[n+]1cccc(CO)c1. The number of halogens is 2. The summed E-state index contributed by atoms with van der Waals surface area (Å²) in [5.74, 6) is -0.236. The number of rotatable bonds is 7. The van der Waals surface area contributed by atoms with Gasteiger partial charge in [-0.25, -0.2) is 0 Å². The van der Waals surface area contributed by atoms with Gasteiger partial charge in [0.1, 0.15) is 0 Å². The van der Waals surface area contributed by atoms with Crippen molar-refractivity contribution in [1.29, 1.82) is 0 Å². The van der Waals surface area contributed by atoms with Crippen molar-refractivity contribution in [1.82, 2.24) is 5.32 Å². The fourth-order valence-corrected chi connectivity index (χ4v) is 2.87. The summed E-state index contributed by atoms with van der Waals surface area (Å²) in [5.41, 5.74) is 1.06. The van der Waals surface area contributed by atoms with Crippen molar-refractivity contribution in [2.45, 2.75) is 12.6 Å². The molecule has 1 aromatic heterocycles. The molecule has 2 N–H and O–H groups in total. The van der Waals surface area contributed by atoms with Crippen LogP contribution in [0.3, 0.4) is 0 Å². The second kappa shape index (κ2) is 9.06. The van der Waals surface area contributed by atoms with Gasteiger partial charge in [0.25, 0.3) is 6.04 Å². The van der Waals surface area contributed by atoms with Gasteiger partial charge in [0.15, 0.2) is 17.4 Å². The average molecular weight is 396 g/mol. The first-order valence-corrected chi connectivity index (χ1v) is 8.62. The Hall–Kier alpha value is -1.79. The first kappa shape index (κ1) is 19.5. The Balaban J connectivity index is 2.45. The number of nitrogens with zero attached hydrogens (tertiary/aromatic N) is 1. The first-order valence-electron chi connectivity index (χ1n) is 7.46. The number of aliphatic hydroxyl groups excluding tert-OH is 1. The topological polar surface area (TPSA) is 53.2 Å². The molecule has 1 atom stereocenters. The molecule has 1 heterocycles. The zero-order chi connectivity index (χ0) is 18.4. The van der Waals surface area contributed by atoms with Crippen LogP contribution in [0.5, 0.6) is 0 Å². The Morgan fingerprint density at radius 2 is 2.12 bits per heavy atom. The lowest BCUT2D eigenvalue weighted by Gasteiger charge is -2.14. The second-order valence-corrected chi connectivity index (χ2v) is 6.50. The number of aliphatic hydroxyl groups is 1. The molecular formula is C18H17Cl2N2O2S+. The quantitative estimate of drug-likeness (QED) is 0.326. The van der Waals surface area contributed by atoms with Crippen molar-refractivity contribution in [3.05, 3.63) is 76.6 Å². The van der Waals surface area contributed by atoms with Crippen molar-refractivity contribution < 1.29 is 14.5 Å². The normalized spacial score (nSPS) is 11.6. The lowest BCUT2D eigenvalue weighted by atomic mass is 10.0. The van der Waals surface area contributed by atoms with E-state index in [-0.39, 0.29) is 12.4 Å². The molecule has 0 fully saturated rings. The molecular weight excluding hydrogens is 379 g/mol. The minimum atomic E-state index is -0.779. The molecule has 0 aliphatic heterocycles. The van der Waals surface area contributed by atoms with Crippen LogP contribution in [-0.4, -0.2) is 22.4 Å². The first-order chi connectivity index (χ1) is 12.0. The van der Waals surface area contributed by atoms with Gasteiger partial charge in [-0.05, 0) is 24.3 Å². The number of carbonyl (C=O) groups excluding carboxylic acids is 1. The highest BCUT2D eigenvalue weighted by molar-refractivity contribution is 7.80. The van der Waals surface area contributed by atoms with Crippen molar-refractivity contribution in [2.24, 2.45) is 0 Å². The van der Waals surface area contributed by atoms with E-state index in [2.05, 4.69) is 11.9 Å². The fourth-order valence-electron chi connectivity index (χ4n) is 2.26. The molecule has 130 valence electrons. The molecule has 1 aromatic carbocycles. The van der Waals surface area contributed by atoms with Crippen LogP contribution in [0, 0.1) is 0 Å². The number of carbonyl (C=O) groups is 1. The van der Waals surface area contributed by atoms with Crippen molar-refractivity contribution in [2.75, 3.05) is 6.54 Å². The van der Waals surface area contributed by atoms with Crippen LogP contribution in [0.2, 0.25) is 10.0 Å². The molecule has 2 rings (SSSR count). The van der Waals surface area contributed by atoms with E-state index in [1.54, 1.807) is 47.3 Å². The van der Waals surface area contributed by atoms with Crippen LogP contribution in [-0.2, 0) is 6.61 Å². The minimum Gasteiger partial charge on any atom is -0.391 e. The van der Waals surface area contributed by atoms with Crippen LogP contribution in [0.1, 0.15) is 22.0 Å². The Bertz CT molecular complexity index is 811. The molecule has 0 bridgehead atoms.